The van der Waals surface area contributed by atoms with E-state index in [0.29, 0.717) is 11.8 Å². The minimum absolute atomic E-state index is 0.0920. The Balaban J connectivity index is 1.93. The second-order valence-electron chi connectivity index (χ2n) is 5.80. The van der Waals surface area contributed by atoms with Gasteiger partial charge in [-0.15, -0.1) is 0 Å². The van der Waals surface area contributed by atoms with Gasteiger partial charge in [0.2, 0.25) is 0 Å². The molecule has 4 heteroatoms. The Morgan fingerprint density at radius 1 is 1.06 bits per heavy atom. The summed E-state index contributed by atoms with van der Waals surface area (Å²) < 4.78 is 0. The van der Waals surface area contributed by atoms with E-state index in [1.807, 2.05) is 13.8 Å². The SMILES string of the molecule is Cc1nc(C)c(C)c(N2C[C@H]3CC[C@@H](C2)C3O)n1. The molecule has 1 saturated heterocycles. The Hall–Kier alpha value is -1.16. The topological polar surface area (TPSA) is 49.2 Å². The standard InChI is InChI=1S/C14H21N3O/c1-8-9(2)15-10(3)16-14(8)17-6-11-4-5-12(7-17)13(11)18/h11-13,18H,4-7H2,1-3H3/t11-,12+,13?. The van der Waals surface area contributed by atoms with Crippen molar-refractivity contribution < 1.29 is 5.11 Å². The Morgan fingerprint density at radius 2 is 1.67 bits per heavy atom. The molecule has 1 aromatic rings. The van der Waals surface area contributed by atoms with Gasteiger partial charge >= 0.3 is 0 Å². The first-order chi connectivity index (χ1) is 8.56. The highest BCUT2D eigenvalue weighted by molar-refractivity contribution is 5.49. The van der Waals surface area contributed by atoms with Gasteiger partial charge in [0.1, 0.15) is 11.6 Å². The third-order valence-electron chi connectivity index (χ3n) is 4.56. The summed E-state index contributed by atoms with van der Waals surface area (Å²) in [6, 6.07) is 0. The molecule has 98 valence electrons. The third-order valence-corrected chi connectivity index (χ3v) is 4.56. The van der Waals surface area contributed by atoms with Crippen LogP contribution in [0.2, 0.25) is 0 Å². The number of aliphatic hydroxyl groups is 1. The summed E-state index contributed by atoms with van der Waals surface area (Å²) in [5, 5.41) is 10.1. The quantitative estimate of drug-likeness (QED) is 0.819. The minimum Gasteiger partial charge on any atom is -0.392 e. The fraction of sp³-hybridized carbons (Fsp3) is 0.714. The molecule has 0 amide bonds. The number of aromatic nitrogens is 2. The predicted octanol–water partition coefficient (Wildman–Crippen LogP) is 1.61. The number of nitrogens with zero attached hydrogens (tertiary/aromatic N) is 3. The largest absolute Gasteiger partial charge is 0.392 e. The van der Waals surface area contributed by atoms with E-state index in [0.717, 1.165) is 43.3 Å². The summed E-state index contributed by atoms with van der Waals surface area (Å²) >= 11 is 0. The molecule has 3 rings (SSSR count). The molecule has 1 unspecified atom stereocenters. The highest BCUT2D eigenvalue weighted by Gasteiger charge is 2.41. The van der Waals surface area contributed by atoms with Gasteiger partial charge in [0.25, 0.3) is 0 Å². The van der Waals surface area contributed by atoms with E-state index < -0.39 is 0 Å². The minimum atomic E-state index is -0.0920. The van der Waals surface area contributed by atoms with Crippen LogP contribution in [0.5, 0.6) is 0 Å². The van der Waals surface area contributed by atoms with E-state index in [-0.39, 0.29) is 6.10 Å². The Morgan fingerprint density at radius 3 is 2.28 bits per heavy atom. The molecule has 4 nitrogen and oxygen atoms in total. The van der Waals surface area contributed by atoms with E-state index in [2.05, 4.69) is 21.8 Å². The number of hydrogen-bond donors (Lipinski definition) is 1. The van der Waals surface area contributed by atoms with Gasteiger partial charge in [0, 0.05) is 36.2 Å². The van der Waals surface area contributed by atoms with Crippen LogP contribution in [0.3, 0.4) is 0 Å². The first-order valence-corrected chi connectivity index (χ1v) is 6.81. The summed E-state index contributed by atoms with van der Waals surface area (Å²) in [5.74, 6) is 2.77. The van der Waals surface area contributed by atoms with Crippen LogP contribution < -0.4 is 4.90 Å². The van der Waals surface area contributed by atoms with Gasteiger partial charge in [-0.2, -0.15) is 0 Å². The smallest absolute Gasteiger partial charge is 0.135 e. The van der Waals surface area contributed by atoms with Gasteiger partial charge < -0.3 is 10.0 Å². The molecule has 2 heterocycles. The Kier molecular flexibility index (Phi) is 2.77. The van der Waals surface area contributed by atoms with E-state index in [1.165, 1.54) is 5.56 Å². The Labute approximate surface area is 108 Å². The number of rotatable bonds is 1. The number of aryl methyl sites for hydroxylation is 2. The van der Waals surface area contributed by atoms with Gasteiger partial charge in [-0.25, -0.2) is 9.97 Å². The van der Waals surface area contributed by atoms with Crippen LogP contribution in [-0.2, 0) is 0 Å². The molecule has 0 spiro atoms. The molecule has 1 aromatic heterocycles. The monoisotopic (exact) mass is 247 g/mol. The molecular formula is C14H21N3O. The van der Waals surface area contributed by atoms with Crippen molar-refractivity contribution in [2.45, 2.75) is 39.7 Å². The maximum absolute atomic E-state index is 10.1. The van der Waals surface area contributed by atoms with Gasteiger partial charge in [0.15, 0.2) is 0 Å². The van der Waals surface area contributed by atoms with Crippen molar-refractivity contribution >= 4 is 5.82 Å². The summed E-state index contributed by atoms with van der Waals surface area (Å²) in [4.78, 5) is 11.4. The third kappa shape index (κ3) is 1.79. The van der Waals surface area contributed by atoms with Crippen LogP contribution in [0.4, 0.5) is 5.82 Å². The van der Waals surface area contributed by atoms with Crippen molar-refractivity contribution in [3.05, 3.63) is 17.1 Å². The molecule has 1 saturated carbocycles. The highest BCUT2D eigenvalue weighted by atomic mass is 16.3. The maximum Gasteiger partial charge on any atom is 0.135 e. The zero-order chi connectivity index (χ0) is 12.9. The molecule has 0 aromatic carbocycles. The summed E-state index contributed by atoms with van der Waals surface area (Å²) in [6.07, 6.45) is 2.22. The van der Waals surface area contributed by atoms with Crippen molar-refractivity contribution in [2.24, 2.45) is 11.8 Å². The van der Waals surface area contributed by atoms with Crippen LogP contribution in [0, 0.1) is 32.6 Å². The van der Waals surface area contributed by atoms with Crippen LogP contribution in [0.15, 0.2) is 0 Å². The molecule has 0 radical (unpaired) electrons. The van der Waals surface area contributed by atoms with E-state index in [1.54, 1.807) is 0 Å². The van der Waals surface area contributed by atoms with Crippen molar-refractivity contribution in [2.75, 3.05) is 18.0 Å². The van der Waals surface area contributed by atoms with Crippen LogP contribution in [0.1, 0.15) is 29.9 Å². The van der Waals surface area contributed by atoms with Gasteiger partial charge in [-0.3, -0.25) is 0 Å². The van der Waals surface area contributed by atoms with Crippen molar-refractivity contribution in [1.29, 1.82) is 0 Å². The van der Waals surface area contributed by atoms with Crippen molar-refractivity contribution in [1.82, 2.24) is 9.97 Å². The molecule has 2 fully saturated rings. The Bertz CT molecular complexity index is 460. The maximum atomic E-state index is 10.1. The van der Waals surface area contributed by atoms with Gasteiger partial charge in [-0.1, -0.05) is 0 Å². The molecule has 18 heavy (non-hydrogen) atoms. The zero-order valence-electron chi connectivity index (χ0n) is 11.3. The normalized spacial score (nSPS) is 30.9. The number of anilines is 1. The molecule has 1 aliphatic carbocycles. The molecule has 1 aliphatic heterocycles. The van der Waals surface area contributed by atoms with E-state index in [9.17, 15) is 5.11 Å². The van der Waals surface area contributed by atoms with Crippen LogP contribution in [-0.4, -0.2) is 34.3 Å². The van der Waals surface area contributed by atoms with Crippen LogP contribution in [0.25, 0.3) is 0 Å². The fourth-order valence-corrected chi connectivity index (χ4v) is 3.43. The number of fused-ring (bicyclic) bond motifs is 2. The fourth-order valence-electron chi connectivity index (χ4n) is 3.43. The summed E-state index contributed by atoms with van der Waals surface area (Å²) in [7, 11) is 0. The first kappa shape index (κ1) is 11.9. The average Bonchev–Trinajstić information content (AvgIpc) is 2.56. The van der Waals surface area contributed by atoms with Crippen LogP contribution >= 0.6 is 0 Å². The second kappa shape index (κ2) is 4.19. The lowest BCUT2D eigenvalue weighted by atomic mass is 9.95. The predicted molar refractivity (Wildman–Crippen MR) is 70.7 cm³/mol. The highest BCUT2D eigenvalue weighted by Crippen LogP contribution is 2.38. The summed E-state index contributed by atoms with van der Waals surface area (Å²) in [6.45, 7) is 7.96. The van der Waals surface area contributed by atoms with Gasteiger partial charge in [0.05, 0.1) is 6.10 Å². The first-order valence-electron chi connectivity index (χ1n) is 6.81. The van der Waals surface area contributed by atoms with E-state index in [4.69, 9.17) is 0 Å². The van der Waals surface area contributed by atoms with Crippen molar-refractivity contribution in [3.8, 4) is 0 Å². The van der Waals surface area contributed by atoms with Crippen molar-refractivity contribution in [3.63, 3.8) is 0 Å². The molecule has 2 bridgehead atoms. The van der Waals surface area contributed by atoms with Gasteiger partial charge in [-0.05, 0) is 33.6 Å². The lowest BCUT2D eigenvalue weighted by Crippen LogP contribution is -2.45. The number of hydrogen-bond acceptors (Lipinski definition) is 4. The summed E-state index contributed by atoms with van der Waals surface area (Å²) in [5.41, 5.74) is 2.24. The zero-order valence-corrected chi connectivity index (χ0v) is 11.3. The second-order valence-corrected chi connectivity index (χ2v) is 5.80. The molecule has 2 aliphatic rings. The molecule has 1 N–H and O–H groups in total. The lowest BCUT2D eigenvalue weighted by Gasteiger charge is -2.37. The number of piperidine rings is 1. The lowest BCUT2D eigenvalue weighted by molar-refractivity contribution is 0.0790. The number of aliphatic hydroxyl groups excluding tert-OH is 1. The average molecular weight is 247 g/mol. The molecule has 3 atom stereocenters. The van der Waals surface area contributed by atoms with E-state index >= 15 is 0 Å². The molecular weight excluding hydrogens is 226 g/mol.